The molecule has 1 fully saturated rings. The second-order valence-corrected chi connectivity index (χ2v) is 11.1. The molecule has 9 nitrogen and oxygen atoms in total. The Morgan fingerprint density at radius 1 is 1.26 bits per heavy atom. The molecule has 0 aromatic carbocycles. The molecule has 4 rings (SSSR count). The van der Waals surface area contributed by atoms with Gasteiger partial charge < -0.3 is 19.6 Å². The van der Waals surface area contributed by atoms with Crippen LogP contribution in [0.3, 0.4) is 0 Å². The minimum absolute atomic E-state index is 0.116. The van der Waals surface area contributed by atoms with Crippen molar-refractivity contribution in [1.82, 2.24) is 25.3 Å². The van der Waals surface area contributed by atoms with Crippen LogP contribution in [0.25, 0.3) is 0 Å². The van der Waals surface area contributed by atoms with E-state index in [-0.39, 0.29) is 18.0 Å². The molecule has 3 aromatic rings. The number of carbonyl (C=O) groups is 2. The first-order chi connectivity index (χ1) is 18.2. The van der Waals surface area contributed by atoms with Crippen LogP contribution in [0.5, 0.6) is 0 Å². The van der Waals surface area contributed by atoms with Gasteiger partial charge in [-0.25, -0.2) is 9.78 Å². The summed E-state index contributed by atoms with van der Waals surface area (Å²) in [7, 11) is 0. The van der Waals surface area contributed by atoms with E-state index in [2.05, 4.69) is 44.0 Å². The van der Waals surface area contributed by atoms with E-state index in [1.54, 1.807) is 30.4 Å². The van der Waals surface area contributed by atoms with Gasteiger partial charge in [-0.15, -0.1) is 0 Å². The number of likely N-dealkylation sites (tertiary alicyclic amines) is 1. The first-order valence-electron chi connectivity index (χ1n) is 12.9. The van der Waals surface area contributed by atoms with Gasteiger partial charge >= 0.3 is 6.03 Å². The Hall–Kier alpha value is -2.95. The largest absolute Gasteiger partial charge is 0.352 e. The molecular weight excluding hydrogens is 524 g/mol. The van der Waals surface area contributed by atoms with E-state index in [1.165, 1.54) is 0 Å². The highest BCUT2D eigenvalue weighted by atomic mass is 35.5. The topological polar surface area (TPSA) is 104 Å². The van der Waals surface area contributed by atoms with Crippen molar-refractivity contribution in [3.05, 3.63) is 62.2 Å². The minimum atomic E-state index is -0.177. The number of aryl methyl sites for hydroxylation is 3. The summed E-state index contributed by atoms with van der Waals surface area (Å²) >= 11 is 7.63. The number of urea groups is 1. The number of hydrogen-bond donors (Lipinski definition) is 2. The molecular formula is C27H35ClN6O3S. The predicted octanol–water partition coefficient (Wildman–Crippen LogP) is 5.42. The molecule has 0 saturated carbocycles. The molecule has 0 aliphatic carbocycles. The molecule has 11 heteroatoms. The van der Waals surface area contributed by atoms with Gasteiger partial charge in [0, 0.05) is 44.3 Å². The van der Waals surface area contributed by atoms with Gasteiger partial charge in [-0.1, -0.05) is 16.8 Å². The molecule has 4 heterocycles. The van der Waals surface area contributed by atoms with Crippen LogP contribution < -0.4 is 10.6 Å². The summed E-state index contributed by atoms with van der Waals surface area (Å²) in [5, 5.41) is 14.3. The van der Waals surface area contributed by atoms with Gasteiger partial charge in [0.1, 0.15) is 5.15 Å². The quantitative estimate of drug-likeness (QED) is 0.340. The summed E-state index contributed by atoms with van der Waals surface area (Å²) in [6.07, 6.45) is 2.58. The molecule has 0 unspecified atom stereocenters. The molecule has 2 N–H and O–H groups in total. The molecule has 1 atom stereocenters. The van der Waals surface area contributed by atoms with E-state index >= 15 is 0 Å². The fourth-order valence-corrected chi connectivity index (χ4v) is 5.93. The Labute approximate surface area is 232 Å². The lowest BCUT2D eigenvalue weighted by molar-refractivity contribution is 0.0918. The zero-order valence-electron chi connectivity index (χ0n) is 22.3. The molecule has 1 saturated heterocycles. The normalized spacial score (nSPS) is 15.3. The van der Waals surface area contributed by atoms with Gasteiger partial charge in [-0.2, -0.15) is 11.3 Å². The number of aromatic nitrogens is 2. The molecule has 0 bridgehead atoms. The highest BCUT2D eigenvalue weighted by Crippen LogP contribution is 2.24. The Bertz CT molecular complexity index is 1220. The Kier molecular flexibility index (Phi) is 9.40. The van der Waals surface area contributed by atoms with Gasteiger partial charge in [0.2, 0.25) is 5.88 Å². The molecule has 0 radical (unpaired) electrons. The van der Waals surface area contributed by atoms with E-state index in [0.717, 1.165) is 49.2 Å². The Balaban J connectivity index is 1.29. The zero-order valence-corrected chi connectivity index (χ0v) is 23.9. The fourth-order valence-electron chi connectivity index (χ4n) is 4.98. The Morgan fingerprint density at radius 3 is 2.66 bits per heavy atom. The number of carbonyl (C=O) groups excluding carboxylic acids is 2. The molecule has 3 aromatic heterocycles. The third-order valence-electron chi connectivity index (χ3n) is 7.06. The third kappa shape index (κ3) is 7.12. The summed E-state index contributed by atoms with van der Waals surface area (Å²) in [5.74, 6) is 0.239. The third-order valence-corrected chi connectivity index (χ3v) is 7.98. The van der Waals surface area contributed by atoms with Gasteiger partial charge in [0.05, 0.1) is 17.0 Å². The van der Waals surface area contributed by atoms with Crippen LogP contribution >= 0.6 is 22.9 Å². The number of amides is 3. The zero-order chi connectivity index (χ0) is 27.2. The molecule has 204 valence electrons. The number of hydrogen-bond acceptors (Lipinski definition) is 7. The van der Waals surface area contributed by atoms with E-state index in [4.69, 9.17) is 16.1 Å². The van der Waals surface area contributed by atoms with Crippen molar-refractivity contribution in [2.24, 2.45) is 0 Å². The van der Waals surface area contributed by atoms with Gasteiger partial charge in [-0.05, 0) is 81.0 Å². The van der Waals surface area contributed by atoms with E-state index < -0.39 is 0 Å². The van der Waals surface area contributed by atoms with Crippen molar-refractivity contribution >= 4 is 40.8 Å². The number of piperidine rings is 1. The number of anilines is 1. The lowest BCUT2D eigenvalue weighted by atomic mass is 10.0. The lowest BCUT2D eigenvalue weighted by Crippen LogP contribution is -2.50. The van der Waals surface area contributed by atoms with E-state index in [9.17, 15) is 9.59 Å². The number of halogens is 1. The number of nitrogens with one attached hydrogen (secondary N) is 2. The monoisotopic (exact) mass is 558 g/mol. The van der Waals surface area contributed by atoms with Crippen LogP contribution in [0.1, 0.15) is 59.1 Å². The highest BCUT2D eigenvalue weighted by Gasteiger charge is 2.30. The van der Waals surface area contributed by atoms with E-state index in [1.807, 2.05) is 24.1 Å². The maximum Gasteiger partial charge on any atom is 0.324 e. The molecule has 38 heavy (non-hydrogen) atoms. The number of pyridine rings is 1. The van der Waals surface area contributed by atoms with Crippen LogP contribution in [0.4, 0.5) is 10.7 Å². The maximum atomic E-state index is 13.2. The van der Waals surface area contributed by atoms with Crippen molar-refractivity contribution in [2.45, 2.75) is 65.6 Å². The van der Waals surface area contributed by atoms with Crippen LogP contribution in [-0.2, 0) is 6.54 Å². The lowest BCUT2D eigenvalue weighted by Gasteiger charge is -2.40. The average molecular weight is 559 g/mol. The first-order valence-corrected chi connectivity index (χ1v) is 14.2. The minimum Gasteiger partial charge on any atom is -0.352 e. The van der Waals surface area contributed by atoms with Crippen LogP contribution in [0, 0.1) is 20.8 Å². The van der Waals surface area contributed by atoms with Crippen molar-refractivity contribution in [2.75, 3.05) is 25.0 Å². The second-order valence-electron chi connectivity index (χ2n) is 9.91. The number of rotatable bonds is 9. The predicted molar refractivity (Wildman–Crippen MR) is 150 cm³/mol. The summed E-state index contributed by atoms with van der Waals surface area (Å²) in [4.78, 5) is 34.5. The van der Waals surface area contributed by atoms with Gasteiger partial charge in [0.25, 0.3) is 5.91 Å². The van der Waals surface area contributed by atoms with E-state index in [0.29, 0.717) is 41.4 Å². The molecule has 1 aliphatic heterocycles. The molecule has 1 aliphatic rings. The van der Waals surface area contributed by atoms with Gasteiger partial charge in [0.15, 0.2) is 0 Å². The smallest absolute Gasteiger partial charge is 0.324 e. The summed E-state index contributed by atoms with van der Waals surface area (Å²) in [5.41, 5.74) is 3.89. The van der Waals surface area contributed by atoms with Crippen LogP contribution in [0.2, 0.25) is 5.15 Å². The number of nitrogens with zero attached hydrogens (tertiary/aromatic N) is 4. The van der Waals surface area contributed by atoms with Crippen molar-refractivity contribution in [1.29, 1.82) is 0 Å². The van der Waals surface area contributed by atoms with Crippen LogP contribution in [-0.4, -0.2) is 63.6 Å². The van der Waals surface area contributed by atoms with Crippen molar-refractivity contribution in [3.63, 3.8) is 0 Å². The fraction of sp³-hybridized carbons (Fsp3) is 0.481. The van der Waals surface area contributed by atoms with Crippen molar-refractivity contribution < 1.29 is 14.1 Å². The average Bonchev–Trinajstić information content (AvgIpc) is 3.53. The number of thiophene rings is 1. The summed E-state index contributed by atoms with van der Waals surface area (Å²) in [6.45, 7) is 10.6. The van der Waals surface area contributed by atoms with Crippen molar-refractivity contribution in [3.8, 4) is 0 Å². The molecule has 0 spiro atoms. The summed E-state index contributed by atoms with van der Waals surface area (Å²) < 4.78 is 5.20. The highest BCUT2D eigenvalue weighted by molar-refractivity contribution is 7.07. The first kappa shape index (κ1) is 28.1. The maximum absolute atomic E-state index is 13.2. The molecule has 3 amide bonds. The second kappa shape index (κ2) is 12.7. The van der Waals surface area contributed by atoms with Crippen LogP contribution in [0.15, 0.2) is 33.5 Å². The Morgan fingerprint density at radius 2 is 2.03 bits per heavy atom. The van der Waals surface area contributed by atoms with Gasteiger partial charge in [-0.3, -0.25) is 10.1 Å². The summed E-state index contributed by atoms with van der Waals surface area (Å²) in [6, 6.07) is 5.73. The SMILES string of the molecule is Cc1cc(NC(=O)N(Cc2ccsc2)C2CCN([C@H](C)CCNC(=O)c3c(C)cc(Cl)nc3C)CC2)on1. The standard InChI is InChI=1S/C27H35ClN6O3S/c1-17-13-23(28)30-20(4)25(17)26(35)29-9-5-19(3)33-10-6-22(7-11-33)34(15-21-8-12-38-16-21)27(36)31-24-14-18(2)32-37-24/h8,12-14,16,19,22H,5-7,9-11,15H2,1-4H3,(H,29,35)(H,31,36)/t19-/m1/s1.